The average molecular weight is 352 g/mol. The van der Waals surface area contributed by atoms with E-state index in [4.69, 9.17) is 26.6 Å². The Kier molecular flexibility index (Phi) is 6.20. The van der Waals surface area contributed by atoms with E-state index < -0.39 is 5.91 Å². The van der Waals surface area contributed by atoms with Gasteiger partial charge in [-0.05, 0) is 49.2 Å². The van der Waals surface area contributed by atoms with Crippen molar-refractivity contribution in [1.82, 2.24) is 5.16 Å². The summed E-state index contributed by atoms with van der Waals surface area (Å²) < 4.78 is 10.2. The van der Waals surface area contributed by atoms with Crippen LogP contribution in [-0.4, -0.2) is 23.6 Å². The molecular formula is C16H18ClN3O4. The molecule has 0 aliphatic carbocycles. The predicted octanol–water partition coefficient (Wildman–Crippen LogP) is 2.46. The lowest BCUT2D eigenvalue weighted by Crippen LogP contribution is -2.14. The molecule has 0 saturated carbocycles. The molecule has 7 nitrogen and oxygen atoms in total. The smallest absolute Gasteiger partial charge is 0.229 e. The average Bonchev–Trinajstić information content (AvgIpc) is 2.85. The van der Waals surface area contributed by atoms with Gasteiger partial charge in [0.2, 0.25) is 17.0 Å². The summed E-state index contributed by atoms with van der Waals surface area (Å²) in [5.74, 6) is 0.0391. The fraction of sp³-hybridized carbons (Fsp3) is 0.312. The number of rotatable bonds is 8. The summed E-state index contributed by atoms with van der Waals surface area (Å²) in [6.07, 6.45) is 0.871. The number of ether oxygens (including phenoxy) is 1. The van der Waals surface area contributed by atoms with Crippen LogP contribution >= 0.6 is 11.6 Å². The zero-order valence-electron chi connectivity index (χ0n) is 13.2. The number of aryl methyl sites for hydroxylation is 1. The lowest BCUT2D eigenvalue weighted by atomic mass is 10.1. The van der Waals surface area contributed by atoms with E-state index in [2.05, 4.69) is 10.5 Å². The van der Waals surface area contributed by atoms with Crippen molar-refractivity contribution in [1.29, 1.82) is 0 Å². The first-order valence-corrected chi connectivity index (χ1v) is 7.75. The van der Waals surface area contributed by atoms with Gasteiger partial charge in [0.1, 0.15) is 5.75 Å². The number of amides is 2. The molecule has 0 spiro atoms. The molecule has 2 aromatic rings. The van der Waals surface area contributed by atoms with Crippen molar-refractivity contribution in [3.05, 3.63) is 40.7 Å². The van der Waals surface area contributed by atoms with Crippen LogP contribution < -0.4 is 15.8 Å². The van der Waals surface area contributed by atoms with E-state index >= 15 is 0 Å². The van der Waals surface area contributed by atoms with Gasteiger partial charge >= 0.3 is 0 Å². The number of hydrogen-bond donors (Lipinski definition) is 2. The minimum absolute atomic E-state index is 0.144. The Bertz CT molecular complexity index is 693. The van der Waals surface area contributed by atoms with E-state index in [1.54, 1.807) is 31.2 Å². The highest BCUT2D eigenvalue weighted by atomic mass is 35.5. The Morgan fingerprint density at radius 1 is 1.29 bits per heavy atom. The maximum atomic E-state index is 12.0. The molecule has 24 heavy (non-hydrogen) atoms. The first-order valence-electron chi connectivity index (χ1n) is 7.37. The number of nitrogens with two attached hydrogens (primary N) is 1. The Labute approximate surface area is 144 Å². The second kappa shape index (κ2) is 8.35. The maximum absolute atomic E-state index is 12.0. The number of halogens is 1. The Morgan fingerprint density at radius 3 is 2.58 bits per heavy atom. The summed E-state index contributed by atoms with van der Waals surface area (Å²) in [6.45, 7) is 2.00. The van der Waals surface area contributed by atoms with Gasteiger partial charge in [-0.15, -0.1) is 0 Å². The summed E-state index contributed by atoms with van der Waals surface area (Å²) >= 11 is 5.86. The first-order chi connectivity index (χ1) is 11.5. The van der Waals surface area contributed by atoms with Gasteiger partial charge < -0.3 is 20.3 Å². The first kappa shape index (κ1) is 17.8. The van der Waals surface area contributed by atoms with Crippen molar-refractivity contribution in [3.8, 4) is 5.75 Å². The van der Waals surface area contributed by atoms with E-state index in [0.717, 1.165) is 5.56 Å². The molecular weight excluding hydrogens is 334 g/mol. The molecule has 1 aromatic carbocycles. The quantitative estimate of drug-likeness (QED) is 0.759. The van der Waals surface area contributed by atoms with Gasteiger partial charge in [0, 0.05) is 17.7 Å². The van der Waals surface area contributed by atoms with Crippen molar-refractivity contribution in [2.24, 2.45) is 5.73 Å². The number of primary amides is 1. The molecule has 1 heterocycles. The highest BCUT2D eigenvalue weighted by Crippen LogP contribution is 2.21. The maximum Gasteiger partial charge on any atom is 0.229 e. The second-order valence-corrected chi connectivity index (χ2v) is 5.50. The van der Waals surface area contributed by atoms with E-state index in [0.29, 0.717) is 23.6 Å². The largest absolute Gasteiger partial charge is 0.493 e. The van der Waals surface area contributed by atoms with Gasteiger partial charge in [0.15, 0.2) is 0 Å². The Morgan fingerprint density at radius 2 is 2.00 bits per heavy atom. The summed E-state index contributed by atoms with van der Waals surface area (Å²) in [4.78, 5) is 22.6. The molecule has 2 rings (SSSR count). The molecule has 3 N–H and O–H groups in total. The third-order valence-electron chi connectivity index (χ3n) is 3.29. The van der Waals surface area contributed by atoms with Crippen LogP contribution in [0.25, 0.3) is 0 Å². The molecule has 8 heteroatoms. The number of benzene rings is 1. The molecule has 1 aromatic heterocycles. The minimum Gasteiger partial charge on any atom is -0.493 e. The van der Waals surface area contributed by atoms with Gasteiger partial charge in [-0.25, -0.2) is 0 Å². The number of carbonyl (C=O) groups is 2. The van der Waals surface area contributed by atoms with E-state index in [-0.39, 0.29) is 30.6 Å². The van der Waals surface area contributed by atoms with Crippen molar-refractivity contribution < 1.29 is 18.8 Å². The van der Waals surface area contributed by atoms with Crippen molar-refractivity contribution in [2.45, 2.75) is 26.2 Å². The summed E-state index contributed by atoms with van der Waals surface area (Å²) in [5.41, 5.74) is 7.11. The molecule has 0 saturated heterocycles. The predicted molar refractivity (Wildman–Crippen MR) is 88.9 cm³/mol. The fourth-order valence-corrected chi connectivity index (χ4v) is 2.27. The monoisotopic (exact) mass is 351 g/mol. The standard InChI is InChI=1S/C16H18ClN3O4/c1-10-13(16(17)24-20-10)6-7-15(22)19-11-2-4-12(5-3-11)23-9-8-14(18)21/h2-5H,6-9H2,1H3,(H2,18,21)(H,19,22). The van der Waals surface area contributed by atoms with Crippen LogP contribution in [0.15, 0.2) is 28.8 Å². The number of carbonyl (C=O) groups excluding carboxylic acids is 2. The third kappa shape index (κ3) is 5.27. The third-order valence-corrected chi connectivity index (χ3v) is 3.59. The van der Waals surface area contributed by atoms with Crippen LogP contribution in [-0.2, 0) is 16.0 Å². The topological polar surface area (TPSA) is 107 Å². The van der Waals surface area contributed by atoms with Gasteiger partial charge in [0.25, 0.3) is 0 Å². The minimum atomic E-state index is -0.415. The number of nitrogens with one attached hydrogen (secondary N) is 1. The number of nitrogens with zero attached hydrogens (tertiary/aromatic N) is 1. The van der Waals surface area contributed by atoms with Crippen LogP contribution in [0.5, 0.6) is 5.75 Å². The number of hydrogen-bond acceptors (Lipinski definition) is 5. The molecule has 0 aliphatic rings. The van der Waals surface area contributed by atoms with Crippen molar-refractivity contribution in [2.75, 3.05) is 11.9 Å². The van der Waals surface area contributed by atoms with Crippen LogP contribution in [0.3, 0.4) is 0 Å². The van der Waals surface area contributed by atoms with Crippen LogP contribution in [0, 0.1) is 6.92 Å². The normalized spacial score (nSPS) is 10.4. The fourth-order valence-electron chi connectivity index (χ4n) is 2.01. The zero-order chi connectivity index (χ0) is 17.5. The van der Waals surface area contributed by atoms with E-state index in [1.807, 2.05) is 0 Å². The van der Waals surface area contributed by atoms with Gasteiger partial charge in [-0.2, -0.15) is 0 Å². The van der Waals surface area contributed by atoms with Gasteiger partial charge in [-0.1, -0.05) is 5.16 Å². The van der Waals surface area contributed by atoms with E-state index in [9.17, 15) is 9.59 Å². The lowest BCUT2D eigenvalue weighted by molar-refractivity contribution is -0.118. The molecule has 0 atom stereocenters. The Hall–Kier alpha value is -2.54. The molecule has 0 unspecified atom stereocenters. The molecule has 0 radical (unpaired) electrons. The zero-order valence-corrected chi connectivity index (χ0v) is 13.9. The Balaban J connectivity index is 1.80. The molecule has 2 amide bonds. The van der Waals surface area contributed by atoms with Crippen LogP contribution in [0.1, 0.15) is 24.1 Å². The van der Waals surface area contributed by atoms with Crippen LogP contribution in [0.4, 0.5) is 5.69 Å². The van der Waals surface area contributed by atoms with E-state index in [1.165, 1.54) is 0 Å². The van der Waals surface area contributed by atoms with Crippen molar-refractivity contribution in [3.63, 3.8) is 0 Å². The van der Waals surface area contributed by atoms with Crippen LogP contribution in [0.2, 0.25) is 5.22 Å². The van der Waals surface area contributed by atoms with Crippen molar-refractivity contribution >= 4 is 29.1 Å². The summed E-state index contributed by atoms with van der Waals surface area (Å²) in [5, 5.41) is 6.74. The molecule has 128 valence electrons. The van der Waals surface area contributed by atoms with Gasteiger partial charge in [-0.3, -0.25) is 9.59 Å². The summed E-state index contributed by atoms with van der Waals surface area (Å²) in [6, 6.07) is 6.85. The molecule has 0 bridgehead atoms. The highest BCUT2D eigenvalue weighted by Gasteiger charge is 2.12. The molecule has 0 fully saturated rings. The summed E-state index contributed by atoms with van der Waals surface area (Å²) in [7, 11) is 0. The molecule has 0 aliphatic heterocycles. The number of aromatic nitrogens is 1. The lowest BCUT2D eigenvalue weighted by Gasteiger charge is -2.08. The number of anilines is 1. The SMILES string of the molecule is Cc1noc(Cl)c1CCC(=O)Nc1ccc(OCCC(N)=O)cc1. The van der Waals surface area contributed by atoms with Gasteiger partial charge in [0.05, 0.1) is 18.7 Å². The second-order valence-electron chi connectivity index (χ2n) is 5.16. The highest BCUT2D eigenvalue weighted by molar-refractivity contribution is 6.29.